The molecule has 0 aliphatic carbocycles. The van der Waals surface area contributed by atoms with E-state index in [1.165, 1.54) is 18.4 Å². The third-order valence-corrected chi connectivity index (χ3v) is 4.23. The van der Waals surface area contributed by atoms with Crippen molar-refractivity contribution in [3.05, 3.63) is 58.3 Å². The lowest BCUT2D eigenvalue weighted by Crippen LogP contribution is -2.06. The molecule has 108 valence electrons. The normalized spacial score (nSPS) is 10.0. The summed E-state index contributed by atoms with van der Waals surface area (Å²) >= 11 is 1.43. The van der Waals surface area contributed by atoms with Crippen molar-refractivity contribution in [2.24, 2.45) is 0 Å². The van der Waals surface area contributed by atoms with Gasteiger partial charge in [-0.25, -0.2) is 4.79 Å². The highest BCUT2D eigenvalue weighted by Gasteiger charge is 2.14. The molecule has 1 aromatic heterocycles. The SMILES string of the molecule is CC.COC(=O)c1cccc2c(=O)c3ccccc3sc12. The smallest absolute Gasteiger partial charge is 0.339 e. The first-order valence-electron chi connectivity index (χ1n) is 6.75. The van der Waals surface area contributed by atoms with Crippen LogP contribution in [0.2, 0.25) is 0 Å². The fourth-order valence-electron chi connectivity index (χ4n) is 2.09. The van der Waals surface area contributed by atoms with E-state index >= 15 is 0 Å². The zero-order valence-corrected chi connectivity index (χ0v) is 13.0. The number of rotatable bonds is 1. The maximum Gasteiger partial charge on any atom is 0.339 e. The Morgan fingerprint density at radius 1 is 1.00 bits per heavy atom. The Hall–Kier alpha value is -2.20. The van der Waals surface area contributed by atoms with Crippen LogP contribution < -0.4 is 5.43 Å². The van der Waals surface area contributed by atoms with Crippen LogP contribution in [0.3, 0.4) is 0 Å². The van der Waals surface area contributed by atoms with Crippen LogP contribution in [-0.2, 0) is 4.74 Å². The van der Waals surface area contributed by atoms with Crippen LogP contribution in [0, 0.1) is 0 Å². The number of carbonyl (C=O) groups is 1. The van der Waals surface area contributed by atoms with Gasteiger partial charge in [0.15, 0.2) is 5.43 Å². The summed E-state index contributed by atoms with van der Waals surface area (Å²) in [5, 5.41) is 1.24. The van der Waals surface area contributed by atoms with E-state index in [-0.39, 0.29) is 5.43 Å². The fraction of sp³-hybridized carbons (Fsp3) is 0.176. The molecule has 0 saturated heterocycles. The van der Waals surface area contributed by atoms with Crippen LogP contribution in [0.4, 0.5) is 0 Å². The Labute approximate surface area is 126 Å². The summed E-state index contributed by atoms with van der Waals surface area (Å²) in [6.45, 7) is 4.00. The molecular weight excluding hydrogens is 284 g/mol. The summed E-state index contributed by atoms with van der Waals surface area (Å²) in [6, 6.07) is 12.5. The van der Waals surface area contributed by atoms with Gasteiger partial charge in [-0.15, -0.1) is 11.3 Å². The zero-order chi connectivity index (χ0) is 15.4. The molecule has 0 atom stereocenters. The van der Waals surface area contributed by atoms with Crippen molar-refractivity contribution in [2.75, 3.05) is 7.11 Å². The molecule has 1 heterocycles. The Balaban J connectivity index is 0.000000774. The number of fused-ring (bicyclic) bond motifs is 2. The van der Waals surface area contributed by atoms with E-state index in [1.807, 2.05) is 32.0 Å². The minimum absolute atomic E-state index is 0.0462. The fourth-order valence-corrected chi connectivity index (χ4v) is 3.26. The standard InChI is InChI=1S/C15H10O3S.C2H6/c1-18-15(17)11-7-4-6-10-13(16)9-5-2-3-8-12(9)19-14(10)11;1-2/h2-8H,1H3;1-2H3. The van der Waals surface area contributed by atoms with E-state index in [9.17, 15) is 9.59 Å². The summed E-state index contributed by atoms with van der Waals surface area (Å²) < 4.78 is 6.31. The quantitative estimate of drug-likeness (QED) is 0.499. The van der Waals surface area contributed by atoms with Crippen LogP contribution in [0.25, 0.3) is 20.2 Å². The van der Waals surface area contributed by atoms with Crippen LogP contribution in [-0.4, -0.2) is 13.1 Å². The molecule has 0 aliphatic heterocycles. The van der Waals surface area contributed by atoms with Gasteiger partial charge in [-0.1, -0.05) is 32.0 Å². The van der Waals surface area contributed by atoms with Crippen molar-refractivity contribution < 1.29 is 9.53 Å². The van der Waals surface area contributed by atoms with Gasteiger partial charge in [0.2, 0.25) is 0 Å². The van der Waals surface area contributed by atoms with Gasteiger partial charge in [-0.3, -0.25) is 4.79 Å². The summed E-state index contributed by atoms with van der Waals surface area (Å²) in [4.78, 5) is 24.2. The summed E-state index contributed by atoms with van der Waals surface area (Å²) in [7, 11) is 1.34. The van der Waals surface area contributed by atoms with Crippen LogP contribution in [0.5, 0.6) is 0 Å². The minimum atomic E-state index is -0.420. The van der Waals surface area contributed by atoms with Gasteiger partial charge < -0.3 is 4.74 Å². The molecule has 0 radical (unpaired) electrons. The average molecular weight is 300 g/mol. The van der Waals surface area contributed by atoms with Gasteiger partial charge in [0, 0.05) is 15.5 Å². The lowest BCUT2D eigenvalue weighted by atomic mass is 10.1. The summed E-state index contributed by atoms with van der Waals surface area (Å²) in [5.41, 5.74) is 0.392. The van der Waals surface area contributed by atoms with Crippen molar-refractivity contribution in [3.8, 4) is 0 Å². The first-order valence-corrected chi connectivity index (χ1v) is 7.57. The Morgan fingerprint density at radius 3 is 2.38 bits per heavy atom. The highest BCUT2D eigenvalue weighted by molar-refractivity contribution is 7.24. The highest BCUT2D eigenvalue weighted by Crippen LogP contribution is 2.27. The van der Waals surface area contributed by atoms with Crippen LogP contribution in [0.1, 0.15) is 24.2 Å². The average Bonchev–Trinajstić information content (AvgIpc) is 2.56. The van der Waals surface area contributed by atoms with E-state index in [4.69, 9.17) is 4.74 Å². The molecular formula is C17H16O3S. The molecule has 0 amide bonds. The molecule has 3 nitrogen and oxygen atoms in total. The van der Waals surface area contributed by atoms with Gasteiger partial charge in [-0.2, -0.15) is 0 Å². The van der Waals surface area contributed by atoms with Crippen molar-refractivity contribution >= 4 is 37.5 Å². The number of hydrogen-bond acceptors (Lipinski definition) is 4. The second-order valence-corrected chi connectivity index (χ2v) is 5.15. The van der Waals surface area contributed by atoms with E-state index in [0.29, 0.717) is 21.0 Å². The largest absolute Gasteiger partial charge is 0.465 e. The predicted molar refractivity (Wildman–Crippen MR) is 88.3 cm³/mol. The van der Waals surface area contributed by atoms with Gasteiger partial charge in [0.25, 0.3) is 0 Å². The Kier molecular flexibility index (Phi) is 4.70. The first kappa shape index (κ1) is 15.2. The number of hydrogen-bond donors (Lipinski definition) is 0. The number of methoxy groups -OCH3 is 1. The molecule has 3 rings (SSSR count). The van der Waals surface area contributed by atoms with E-state index in [1.54, 1.807) is 24.3 Å². The maximum absolute atomic E-state index is 12.4. The van der Waals surface area contributed by atoms with Crippen molar-refractivity contribution in [1.82, 2.24) is 0 Å². The number of ether oxygens (including phenoxy) is 1. The molecule has 0 aliphatic rings. The molecule has 0 N–H and O–H groups in total. The molecule has 2 aromatic carbocycles. The highest BCUT2D eigenvalue weighted by atomic mass is 32.1. The number of carbonyl (C=O) groups excluding carboxylic acids is 1. The zero-order valence-electron chi connectivity index (χ0n) is 12.2. The van der Waals surface area contributed by atoms with Crippen LogP contribution in [0.15, 0.2) is 47.3 Å². The third kappa shape index (κ3) is 2.67. The number of esters is 1. The van der Waals surface area contributed by atoms with E-state index < -0.39 is 5.97 Å². The lowest BCUT2D eigenvalue weighted by Gasteiger charge is -2.05. The van der Waals surface area contributed by atoms with Crippen molar-refractivity contribution in [3.63, 3.8) is 0 Å². The maximum atomic E-state index is 12.4. The molecule has 0 fully saturated rings. The van der Waals surface area contributed by atoms with Gasteiger partial charge >= 0.3 is 5.97 Å². The predicted octanol–water partition coefficient (Wildman–Crippen LogP) is 4.23. The molecule has 0 saturated carbocycles. The second kappa shape index (κ2) is 6.50. The molecule has 3 aromatic rings. The summed E-state index contributed by atoms with van der Waals surface area (Å²) in [5.74, 6) is -0.420. The molecule has 0 bridgehead atoms. The topological polar surface area (TPSA) is 43.4 Å². The minimum Gasteiger partial charge on any atom is -0.465 e. The Morgan fingerprint density at radius 2 is 1.67 bits per heavy atom. The van der Waals surface area contributed by atoms with E-state index in [0.717, 1.165) is 4.70 Å². The third-order valence-electron chi connectivity index (χ3n) is 3.01. The summed E-state index contributed by atoms with van der Waals surface area (Å²) in [6.07, 6.45) is 0. The van der Waals surface area contributed by atoms with Gasteiger partial charge in [0.05, 0.1) is 17.4 Å². The van der Waals surface area contributed by atoms with E-state index in [2.05, 4.69) is 0 Å². The molecule has 0 spiro atoms. The molecule has 21 heavy (non-hydrogen) atoms. The van der Waals surface area contributed by atoms with Crippen LogP contribution >= 0.6 is 11.3 Å². The number of benzene rings is 2. The second-order valence-electron chi connectivity index (χ2n) is 4.10. The molecule has 4 heteroatoms. The van der Waals surface area contributed by atoms with Gasteiger partial charge in [0.1, 0.15) is 0 Å². The van der Waals surface area contributed by atoms with Gasteiger partial charge in [-0.05, 0) is 24.3 Å². The lowest BCUT2D eigenvalue weighted by molar-refractivity contribution is 0.0603. The molecule has 0 unspecified atom stereocenters. The van der Waals surface area contributed by atoms with Crippen molar-refractivity contribution in [1.29, 1.82) is 0 Å². The monoisotopic (exact) mass is 300 g/mol. The van der Waals surface area contributed by atoms with Crippen molar-refractivity contribution in [2.45, 2.75) is 13.8 Å². The Bertz CT molecular complexity index is 849. The first-order chi connectivity index (χ1) is 10.2.